The van der Waals surface area contributed by atoms with Crippen LogP contribution >= 0.6 is 0 Å². The van der Waals surface area contributed by atoms with Crippen LogP contribution in [0.3, 0.4) is 0 Å². The van der Waals surface area contributed by atoms with Gasteiger partial charge in [0.05, 0.1) is 7.11 Å². The molecule has 5 aliphatic carbocycles. The summed E-state index contributed by atoms with van der Waals surface area (Å²) in [5, 5.41) is 1.40. The molecule has 1 unspecified atom stereocenters. The number of hydroxylamine groups is 2. The maximum absolute atomic E-state index is 14.4. The lowest BCUT2D eigenvalue weighted by molar-refractivity contribution is -0.192. The average molecular weight is 513 g/mol. The van der Waals surface area contributed by atoms with Gasteiger partial charge >= 0.3 is 0 Å². The van der Waals surface area contributed by atoms with Crippen LogP contribution in [-0.4, -0.2) is 37.0 Å². The molecule has 37 heavy (non-hydrogen) atoms. The maximum atomic E-state index is 14.4. The molecule has 4 saturated carbocycles. The van der Waals surface area contributed by atoms with Crippen LogP contribution in [0.15, 0.2) is 11.6 Å². The highest BCUT2D eigenvalue weighted by molar-refractivity contribution is 5.95. The van der Waals surface area contributed by atoms with Crippen LogP contribution in [0.4, 0.5) is 0 Å². The Morgan fingerprint density at radius 2 is 1.62 bits per heavy atom. The lowest BCUT2D eigenvalue weighted by Gasteiger charge is -2.70. The third-order valence-corrected chi connectivity index (χ3v) is 13.8. The molecule has 0 radical (unpaired) electrons. The van der Waals surface area contributed by atoms with Crippen LogP contribution < -0.4 is 5.73 Å². The first-order valence-electron chi connectivity index (χ1n) is 14.8. The second-order valence-corrected chi connectivity index (χ2v) is 15.7. The molecule has 2 N–H and O–H groups in total. The molecule has 0 aromatic carbocycles. The Kier molecular flexibility index (Phi) is 6.04. The number of carbonyl (C=O) groups is 2. The molecule has 4 fully saturated rings. The molecule has 0 bridgehead atoms. The Bertz CT molecular complexity index is 1040. The Balaban J connectivity index is 1.59. The molecule has 0 aliphatic heterocycles. The van der Waals surface area contributed by atoms with Crippen molar-refractivity contribution in [1.82, 2.24) is 5.06 Å². The van der Waals surface area contributed by atoms with Gasteiger partial charge in [-0.15, -0.1) is 0 Å². The van der Waals surface area contributed by atoms with Crippen molar-refractivity contribution in [1.29, 1.82) is 0 Å². The Morgan fingerprint density at radius 3 is 2.27 bits per heavy atom. The maximum Gasteiger partial charge on any atom is 0.251 e. The van der Waals surface area contributed by atoms with E-state index in [4.69, 9.17) is 10.6 Å². The van der Waals surface area contributed by atoms with E-state index in [0.717, 1.165) is 51.4 Å². The largest absolute Gasteiger partial charge is 0.327 e. The summed E-state index contributed by atoms with van der Waals surface area (Å²) >= 11 is 0. The number of fused-ring (bicyclic) bond motifs is 7. The highest BCUT2D eigenvalue weighted by Gasteiger charge is 2.70. The number of ketones is 1. The summed E-state index contributed by atoms with van der Waals surface area (Å²) in [5.74, 6) is 1.18. The van der Waals surface area contributed by atoms with E-state index < -0.39 is 5.41 Å². The number of carbonyl (C=O) groups excluding carboxylic acids is 2. The van der Waals surface area contributed by atoms with Crippen molar-refractivity contribution in [2.75, 3.05) is 14.2 Å². The van der Waals surface area contributed by atoms with Crippen molar-refractivity contribution in [2.45, 2.75) is 112 Å². The van der Waals surface area contributed by atoms with Gasteiger partial charge in [-0.05, 0) is 103 Å². The normalized spacial score (nSPS) is 50.6. The third-order valence-electron chi connectivity index (χ3n) is 13.8. The molecule has 0 spiro atoms. The fourth-order valence-corrected chi connectivity index (χ4v) is 10.9. The van der Waals surface area contributed by atoms with Crippen LogP contribution in [0.2, 0.25) is 0 Å². The average Bonchev–Trinajstić information content (AvgIpc) is 2.83. The second-order valence-electron chi connectivity index (χ2n) is 15.7. The molecule has 208 valence electrons. The van der Waals surface area contributed by atoms with Crippen molar-refractivity contribution in [3.63, 3.8) is 0 Å². The molecule has 0 aromatic heterocycles. The summed E-state index contributed by atoms with van der Waals surface area (Å²) in [6.45, 7) is 16.6. The molecule has 5 rings (SSSR count). The third kappa shape index (κ3) is 3.41. The Morgan fingerprint density at radius 1 is 0.973 bits per heavy atom. The van der Waals surface area contributed by atoms with Crippen LogP contribution in [0, 0.1) is 50.2 Å². The van der Waals surface area contributed by atoms with Gasteiger partial charge in [-0.1, -0.05) is 54.0 Å². The highest BCUT2D eigenvalue weighted by Crippen LogP contribution is 2.75. The molecule has 0 heterocycles. The fourth-order valence-electron chi connectivity index (χ4n) is 10.9. The Labute approximate surface area is 225 Å². The van der Waals surface area contributed by atoms with Gasteiger partial charge in [0.25, 0.3) is 5.91 Å². The minimum absolute atomic E-state index is 0.0204. The van der Waals surface area contributed by atoms with Crippen molar-refractivity contribution in [2.24, 2.45) is 56.0 Å². The molecule has 5 nitrogen and oxygen atoms in total. The zero-order valence-corrected chi connectivity index (χ0v) is 25.0. The second kappa shape index (κ2) is 8.16. The number of hydrogen-bond donors (Lipinski definition) is 1. The van der Waals surface area contributed by atoms with Crippen LogP contribution in [0.5, 0.6) is 0 Å². The van der Waals surface area contributed by atoms with Gasteiger partial charge in [-0.25, -0.2) is 5.06 Å². The Hall–Kier alpha value is -1.20. The van der Waals surface area contributed by atoms with E-state index in [1.807, 2.05) is 0 Å². The van der Waals surface area contributed by atoms with E-state index in [9.17, 15) is 9.59 Å². The molecule has 5 aliphatic rings. The fraction of sp³-hybridized carbons (Fsp3) is 0.875. The summed E-state index contributed by atoms with van der Waals surface area (Å²) in [7, 11) is 3.28. The number of rotatable bonds is 2. The van der Waals surface area contributed by atoms with Gasteiger partial charge in [0, 0.05) is 24.4 Å². The number of amides is 1. The van der Waals surface area contributed by atoms with Gasteiger partial charge in [-0.3, -0.25) is 14.4 Å². The lowest BCUT2D eigenvalue weighted by atomic mass is 9.33. The molecule has 0 aromatic rings. The highest BCUT2D eigenvalue weighted by atomic mass is 16.7. The topological polar surface area (TPSA) is 72.6 Å². The summed E-state index contributed by atoms with van der Waals surface area (Å²) in [4.78, 5) is 33.1. The van der Waals surface area contributed by atoms with Crippen LogP contribution in [-0.2, 0) is 14.4 Å². The summed E-state index contributed by atoms with van der Waals surface area (Å²) in [6, 6.07) is 0.202. The molecule has 5 heteroatoms. The zero-order chi connectivity index (χ0) is 27.4. The van der Waals surface area contributed by atoms with Crippen LogP contribution in [0.1, 0.15) is 106 Å². The zero-order valence-electron chi connectivity index (χ0n) is 25.0. The van der Waals surface area contributed by atoms with Gasteiger partial charge in [0.15, 0.2) is 5.78 Å². The van der Waals surface area contributed by atoms with Gasteiger partial charge in [-0.2, -0.15) is 0 Å². The standard InChI is InChI=1S/C32H52N2O3/c1-27(2)23-10-13-32(7)25(30(23,5)12-11-24(27)33)22(35)18-20-21-19-29(4,26(36)34(8)37-9)15-14-28(21,3)16-17-31(20,32)6/h18,21,23-25H,10-17,19,33H2,1-9H3/t21-,23?,24+,25+,28+,29-,30-,31+,32+/m0/s1. The van der Waals surface area contributed by atoms with Gasteiger partial charge < -0.3 is 5.73 Å². The molecular weight excluding hydrogens is 460 g/mol. The number of nitrogens with zero attached hydrogens (tertiary/aromatic N) is 1. The SMILES string of the molecule is CON(C)C(=O)[C@@]1(C)CC[C@]2(C)CC[C@]3(C)C(=CC(=O)[C@@H]4[C@@]5(C)CC[C@@H](N)C(C)(C)C5CC[C@]43C)[C@@H]2C1. The quantitative estimate of drug-likeness (QED) is 0.440. The minimum atomic E-state index is -0.470. The molecule has 1 amide bonds. The number of nitrogens with two attached hydrogens (primary N) is 1. The lowest BCUT2D eigenvalue weighted by Crippen LogP contribution is -2.67. The van der Waals surface area contributed by atoms with E-state index >= 15 is 0 Å². The molecule has 0 saturated heterocycles. The predicted octanol–water partition coefficient (Wildman–Crippen LogP) is 6.31. The summed E-state index contributed by atoms with van der Waals surface area (Å²) in [5.41, 5.74) is 7.64. The number of hydrogen-bond acceptors (Lipinski definition) is 4. The summed E-state index contributed by atoms with van der Waals surface area (Å²) < 4.78 is 0. The summed E-state index contributed by atoms with van der Waals surface area (Å²) in [6.07, 6.45) is 11.4. The smallest absolute Gasteiger partial charge is 0.251 e. The number of allylic oxidation sites excluding steroid dienone is 2. The predicted molar refractivity (Wildman–Crippen MR) is 147 cm³/mol. The molecular formula is C32H52N2O3. The van der Waals surface area contributed by atoms with E-state index in [1.54, 1.807) is 14.2 Å². The first-order chi connectivity index (χ1) is 17.0. The van der Waals surface area contributed by atoms with E-state index in [-0.39, 0.29) is 50.9 Å². The van der Waals surface area contributed by atoms with Crippen molar-refractivity contribution in [3.8, 4) is 0 Å². The first-order valence-corrected chi connectivity index (χ1v) is 14.8. The first kappa shape index (κ1) is 27.4. The van der Waals surface area contributed by atoms with Crippen molar-refractivity contribution in [3.05, 3.63) is 11.6 Å². The van der Waals surface area contributed by atoms with Gasteiger partial charge in [0.2, 0.25) is 0 Å². The monoisotopic (exact) mass is 512 g/mol. The van der Waals surface area contributed by atoms with E-state index in [1.165, 1.54) is 17.1 Å². The minimum Gasteiger partial charge on any atom is -0.327 e. The van der Waals surface area contributed by atoms with Crippen molar-refractivity contribution >= 4 is 11.7 Å². The van der Waals surface area contributed by atoms with E-state index in [2.05, 4.69) is 54.5 Å². The van der Waals surface area contributed by atoms with Crippen molar-refractivity contribution < 1.29 is 14.4 Å². The molecule has 9 atom stereocenters. The van der Waals surface area contributed by atoms with Gasteiger partial charge in [0.1, 0.15) is 0 Å². The van der Waals surface area contributed by atoms with E-state index in [0.29, 0.717) is 11.7 Å². The van der Waals surface area contributed by atoms with Crippen LogP contribution in [0.25, 0.3) is 0 Å².